The lowest BCUT2D eigenvalue weighted by Crippen LogP contribution is -2.25. The molecule has 0 spiro atoms. The van der Waals surface area contributed by atoms with Crippen LogP contribution < -0.4 is 10.1 Å². The highest BCUT2D eigenvalue weighted by atomic mass is 16.5. The second-order valence-electron chi connectivity index (χ2n) is 7.09. The first-order chi connectivity index (χ1) is 13.6. The van der Waals surface area contributed by atoms with Gasteiger partial charge in [-0.25, -0.2) is 4.98 Å². The van der Waals surface area contributed by atoms with Gasteiger partial charge in [-0.2, -0.15) is 0 Å². The third kappa shape index (κ3) is 4.91. The molecule has 0 saturated carbocycles. The van der Waals surface area contributed by atoms with Crippen LogP contribution in [0.5, 0.6) is 5.75 Å². The van der Waals surface area contributed by atoms with Crippen LogP contribution in [0.1, 0.15) is 36.7 Å². The first-order valence-corrected chi connectivity index (χ1v) is 9.99. The molecule has 5 nitrogen and oxygen atoms in total. The Morgan fingerprint density at radius 1 is 1.18 bits per heavy atom. The van der Waals surface area contributed by atoms with E-state index in [4.69, 9.17) is 9.72 Å². The van der Waals surface area contributed by atoms with Crippen molar-refractivity contribution in [2.24, 2.45) is 0 Å². The highest BCUT2D eigenvalue weighted by Gasteiger charge is 2.11. The monoisotopic (exact) mass is 379 g/mol. The summed E-state index contributed by atoms with van der Waals surface area (Å²) in [4.78, 5) is 16.3. The van der Waals surface area contributed by atoms with Crippen molar-refractivity contribution in [3.05, 3.63) is 59.4 Å². The minimum absolute atomic E-state index is 0.0737. The lowest BCUT2D eigenvalue weighted by molar-refractivity contribution is -0.120. The van der Waals surface area contributed by atoms with Crippen LogP contribution in [-0.4, -0.2) is 28.6 Å². The summed E-state index contributed by atoms with van der Waals surface area (Å²) in [6, 6.07) is 14.5. The van der Waals surface area contributed by atoms with Gasteiger partial charge in [-0.1, -0.05) is 31.2 Å². The number of nitrogens with zero attached hydrogens (tertiary/aromatic N) is 2. The smallest absolute Gasteiger partial charge is 0.219 e. The Labute approximate surface area is 166 Å². The molecule has 5 heteroatoms. The summed E-state index contributed by atoms with van der Waals surface area (Å²) in [7, 11) is 0. The van der Waals surface area contributed by atoms with E-state index in [1.807, 2.05) is 25.1 Å². The van der Waals surface area contributed by atoms with Crippen LogP contribution in [0.2, 0.25) is 0 Å². The molecule has 3 rings (SSSR count). The number of aryl methyl sites for hydroxylation is 3. The lowest BCUT2D eigenvalue weighted by Gasteiger charge is -2.12. The molecule has 0 aliphatic rings. The quantitative estimate of drug-likeness (QED) is 0.567. The van der Waals surface area contributed by atoms with Crippen LogP contribution in [-0.2, 0) is 17.8 Å². The Morgan fingerprint density at radius 3 is 2.82 bits per heavy atom. The number of amides is 1. The molecule has 1 amide bonds. The average Bonchev–Trinajstić information content (AvgIpc) is 3.05. The number of carbonyl (C=O) groups is 1. The van der Waals surface area contributed by atoms with Gasteiger partial charge in [0.2, 0.25) is 5.91 Å². The van der Waals surface area contributed by atoms with E-state index in [2.05, 4.69) is 48.0 Å². The van der Waals surface area contributed by atoms with Crippen molar-refractivity contribution < 1.29 is 9.53 Å². The SMILES string of the molecule is CCC(=O)NCCc1nc2ccccc2n1CCCOc1cc(C)ccc1C. The predicted molar refractivity (Wildman–Crippen MR) is 113 cm³/mol. The zero-order chi connectivity index (χ0) is 19.9. The van der Waals surface area contributed by atoms with Gasteiger partial charge in [0.25, 0.3) is 0 Å². The van der Waals surface area contributed by atoms with Crippen molar-refractivity contribution >= 4 is 16.9 Å². The third-order valence-electron chi connectivity index (χ3n) is 4.85. The minimum Gasteiger partial charge on any atom is -0.493 e. The zero-order valence-corrected chi connectivity index (χ0v) is 17.0. The number of fused-ring (bicyclic) bond motifs is 1. The summed E-state index contributed by atoms with van der Waals surface area (Å²) in [5, 5.41) is 2.94. The van der Waals surface area contributed by atoms with Crippen molar-refractivity contribution in [3.63, 3.8) is 0 Å². The van der Waals surface area contributed by atoms with Crippen molar-refractivity contribution in [1.29, 1.82) is 0 Å². The second-order valence-corrected chi connectivity index (χ2v) is 7.09. The number of imidazole rings is 1. The molecule has 148 valence electrons. The molecule has 0 saturated heterocycles. The summed E-state index contributed by atoms with van der Waals surface area (Å²) >= 11 is 0. The van der Waals surface area contributed by atoms with Crippen molar-refractivity contribution in [2.45, 2.75) is 46.6 Å². The molecule has 1 aromatic heterocycles. The normalized spacial score (nSPS) is 11.0. The maximum absolute atomic E-state index is 11.5. The van der Waals surface area contributed by atoms with Gasteiger partial charge in [-0.3, -0.25) is 4.79 Å². The fourth-order valence-corrected chi connectivity index (χ4v) is 3.27. The number of ether oxygens (including phenoxy) is 1. The fraction of sp³-hybridized carbons (Fsp3) is 0.391. The van der Waals surface area contributed by atoms with E-state index in [1.165, 1.54) is 5.56 Å². The van der Waals surface area contributed by atoms with Gasteiger partial charge in [0.15, 0.2) is 0 Å². The van der Waals surface area contributed by atoms with Crippen LogP contribution >= 0.6 is 0 Å². The van der Waals surface area contributed by atoms with Crippen molar-refractivity contribution in [3.8, 4) is 5.75 Å². The molecule has 0 bridgehead atoms. The van der Waals surface area contributed by atoms with E-state index in [0.29, 0.717) is 19.6 Å². The van der Waals surface area contributed by atoms with E-state index >= 15 is 0 Å². The third-order valence-corrected chi connectivity index (χ3v) is 4.85. The molecule has 1 heterocycles. The molecule has 0 radical (unpaired) electrons. The number of aromatic nitrogens is 2. The average molecular weight is 380 g/mol. The molecule has 0 fully saturated rings. The number of para-hydroxylation sites is 2. The van der Waals surface area contributed by atoms with E-state index < -0.39 is 0 Å². The molecule has 0 unspecified atom stereocenters. The maximum Gasteiger partial charge on any atom is 0.219 e. The Hall–Kier alpha value is -2.82. The molecule has 3 aromatic rings. The van der Waals surface area contributed by atoms with Gasteiger partial charge in [-0.15, -0.1) is 0 Å². The molecule has 2 aromatic carbocycles. The standard InChI is InChI=1S/C23H29N3O2/c1-4-23(27)24-13-12-22-25-19-8-5-6-9-20(19)26(22)14-7-15-28-21-16-17(2)10-11-18(21)3/h5-6,8-11,16H,4,7,12-15H2,1-3H3,(H,24,27). The molecule has 0 aliphatic carbocycles. The summed E-state index contributed by atoms with van der Waals surface area (Å²) in [5.74, 6) is 2.03. The Kier molecular flexibility index (Phi) is 6.69. The van der Waals surface area contributed by atoms with E-state index in [-0.39, 0.29) is 5.91 Å². The van der Waals surface area contributed by atoms with Crippen LogP contribution in [0.3, 0.4) is 0 Å². The highest BCUT2D eigenvalue weighted by Crippen LogP contribution is 2.20. The van der Waals surface area contributed by atoms with Gasteiger partial charge >= 0.3 is 0 Å². The van der Waals surface area contributed by atoms with Crippen LogP contribution in [0.15, 0.2) is 42.5 Å². The van der Waals surface area contributed by atoms with E-state index in [9.17, 15) is 4.79 Å². The largest absolute Gasteiger partial charge is 0.493 e. The van der Waals surface area contributed by atoms with Gasteiger partial charge in [0, 0.05) is 25.9 Å². The van der Waals surface area contributed by atoms with Crippen molar-refractivity contribution in [2.75, 3.05) is 13.2 Å². The van der Waals surface area contributed by atoms with Gasteiger partial charge in [0.1, 0.15) is 11.6 Å². The van der Waals surface area contributed by atoms with Crippen LogP contribution in [0.25, 0.3) is 11.0 Å². The lowest BCUT2D eigenvalue weighted by atomic mass is 10.1. The van der Waals surface area contributed by atoms with E-state index in [0.717, 1.165) is 47.6 Å². The maximum atomic E-state index is 11.5. The summed E-state index contributed by atoms with van der Waals surface area (Å²) in [6.07, 6.45) is 2.12. The molecule has 28 heavy (non-hydrogen) atoms. The molecule has 0 aliphatic heterocycles. The Balaban J connectivity index is 1.64. The summed E-state index contributed by atoms with van der Waals surface area (Å²) in [5.41, 5.74) is 4.49. The summed E-state index contributed by atoms with van der Waals surface area (Å²) in [6.45, 7) is 8.11. The van der Waals surface area contributed by atoms with Crippen LogP contribution in [0, 0.1) is 13.8 Å². The number of hydrogen-bond donors (Lipinski definition) is 1. The van der Waals surface area contributed by atoms with Gasteiger partial charge in [-0.05, 0) is 49.6 Å². The van der Waals surface area contributed by atoms with Crippen molar-refractivity contribution in [1.82, 2.24) is 14.9 Å². The fourth-order valence-electron chi connectivity index (χ4n) is 3.27. The number of carbonyl (C=O) groups excluding carboxylic acids is 1. The number of nitrogens with one attached hydrogen (secondary N) is 1. The number of hydrogen-bond acceptors (Lipinski definition) is 3. The molecule has 0 atom stereocenters. The topological polar surface area (TPSA) is 56.2 Å². The molecular formula is C23H29N3O2. The van der Waals surface area contributed by atoms with Crippen LogP contribution in [0.4, 0.5) is 0 Å². The first kappa shape index (κ1) is 19.9. The molecule has 1 N–H and O–H groups in total. The zero-order valence-electron chi connectivity index (χ0n) is 17.0. The summed E-state index contributed by atoms with van der Waals surface area (Å²) < 4.78 is 8.25. The number of benzene rings is 2. The second kappa shape index (κ2) is 9.40. The van der Waals surface area contributed by atoms with Gasteiger partial charge in [0.05, 0.1) is 17.6 Å². The van der Waals surface area contributed by atoms with E-state index in [1.54, 1.807) is 0 Å². The Bertz CT molecular complexity index is 946. The predicted octanol–water partition coefficient (Wildman–Crippen LogP) is 4.19. The highest BCUT2D eigenvalue weighted by molar-refractivity contribution is 5.76. The Morgan fingerprint density at radius 2 is 2.00 bits per heavy atom. The minimum atomic E-state index is 0.0737. The first-order valence-electron chi connectivity index (χ1n) is 9.99. The van der Waals surface area contributed by atoms with Gasteiger partial charge < -0.3 is 14.6 Å². The molecular weight excluding hydrogens is 350 g/mol. The number of rotatable bonds is 9.